The average Bonchev–Trinajstić information content (AvgIpc) is 2.68. The number of halogens is 1. The smallest absolute Gasteiger partial charge is 0.248 e. The molecule has 2 heterocycles. The number of carbonyl (C=O) groups is 1. The molecule has 0 unspecified atom stereocenters. The predicted octanol–water partition coefficient (Wildman–Crippen LogP) is 3.62. The molecule has 0 aliphatic heterocycles. The molecule has 4 rings (SSSR count). The zero-order chi connectivity index (χ0) is 20.4. The van der Waals surface area contributed by atoms with E-state index in [1.165, 1.54) is 6.07 Å². The molecule has 2 aromatic heterocycles. The maximum Gasteiger partial charge on any atom is 0.248 e. The van der Waals surface area contributed by atoms with E-state index in [1.807, 2.05) is 19.1 Å². The first-order chi connectivity index (χ1) is 14.0. The minimum absolute atomic E-state index is 0.263. The maximum atomic E-state index is 14.3. The molecule has 1 fully saturated rings. The molecule has 0 spiro atoms. The van der Waals surface area contributed by atoms with Crippen molar-refractivity contribution in [3.63, 3.8) is 0 Å². The van der Waals surface area contributed by atoms with Gasteiger partial charge in [-0.05, 0) is 55.7 Å². The monoisotopic (exact) mass is 391 g/mol. The number of anilines is 1. The van der Waals surface area contributed by atoms with Gasteiger partial charge in [0.15, 0.2) is 0 Å². The summed E-state index contributed by atoms with van der Waals surface area (Å²) < 4.78 is 14.3. The number of amides is 1. The molecular formula is C22H22FN5O. The molecule has 1 saturated carbocycles. The van der Waals surface area contributed by atoms with Gasteiger partial charge in [-0.15, -0.1) is 10.2 Å². The molecule has 6 nitrogen and oxygen atoms in total. The maximum absolute atomic E-state index is 14.3. The van der Waals surface area contributed by atoms with Gasteiger partial charge in [0.1, 0.15) is 11.6 Å². The minimum Gasteiger partial charge on any atom is -0.368 e. The summed E-state index contributed by atoms with van der Waals surface area (Å²) in [6, 6.07) is 12.0. The number of pyridine rings is 1. The second kappa shape index (κ2) is 7.58. The Morgan fingerprint density at radius 3 is 2.69 bits per heavy atom. The standard InChI is InChI=1S/C22H22FN5O/c1-14-11-18(27-28-19(14)15-5-2-6-16(12-15)21(24)29)26-13-22(8-4-9-22)20-17(23)7-3-10-25-20/h2-3,5-7,10-12H,4,8-9,13H2,1H3,(H2,24,29)(H,26,27). The summed E-state index contributed by atoms with van der Waals surface area (Å²) >= 11 is 0. The summed E-state index contributed by atoms with van der Waals surface area (Å²) in [6.45, 7) is 2.48. The molecule has 0 bridgehead atoms. The first-order valence-electron chi connectivity index (χ1n) is 9.58. The van der Waals surface area contributed by atoms with Crippen LogP contribution in [0.5, 0.6) is 0 Å². The lowest BCUT2D eigenvalue weighted by atomic mass is 9.66. The quantitative estimate of drug-likeness (QED) is 0.669. The third-order valence-corrected chi connectivity index (χ3v) is 5.58. The van der Waals surface area contributed by atoms with E-state index in [9.17, 15) is 9.18 Å². The van der Waals surface area contributed by atoms with Gasteiger partial charge in [0.2, 0.25) is 5.91 Å². The third kappa shape index (κ3) is 3.68. The molecule has 1 amide bonds. The highest BCUT2D eigenvalue weighted by Crippen LogP contribution is 2.43. The van der Waals surface area contributed by atoms with Gasteiger partial charge < -0.3 is 11.1 Å². The van der Waals surface area contributed by atoms with Crippen LogP contribution in [0.3, 0.4) is 0 Å². The second-order valence-corrected chi connectivity index (χ2v) is 7.53. The number of hydrogen-bond acceptors (Lipinski definition) is 5. The van der Waals surface area contributed by atoms with Gasteiger partial charge in [0.25, 0.3) is 0 Å². The number of aryl methyl sites for hydroxylation is 1. The van der Waals surface area contributed by atoms with Crippen molar-refractivity contribution in [1.82, 2.24) is 15.2 Å². The number of primary amides is 1. The molecule has 7 heteroatoms. The molecule has 1 aliphatic carbocycles. The number of rotatable bonds is 6. The average molecular weight is 391 g/mol. The highest BCUT2D eigenvalue weighted by Gasteiger charge is 2.41. The van der Waals surface area contributed by atoms with Gasteiger partial charge in [0, 0.05) is 29.3 Å². The highest BCUT2D eigenvalue weighted by molar-refractivity contribution is 5.94. The van der Waals surface area contributed by atoms with Crippen LogP contribution >= 0.6 is 0 Å². The van der Waals surface area contributed by atoms with Crippen LogP contribution in [0, 0.1) is 12.7 Å². The van der Waals surface area contributed by atoms with Crippen molar-refractivity contribution in [2.75, 3.05) is 11.9 Å². The first kappa shape index (κ1) is 19.0. The van der Waals surface area contributed by atoms with Gasteiger partial charge >= 0.3 is 0 Å². The summed E-state index contributed by atoms with van der Waals surface area (Å²) in [5, 5.41) is 11.9. The van der Waals surface area contributed by atoms with Crippen molar-refractivity contribution in [3.05, 3.63) is 71.3 Å². The molecular weight excluding hydrogens is 369 g/mol. The van der Waals surface area contributed by atoms with Crippen molar-refractivity contribution in [3.8, 4) is 11.3 Å². The van der Waals surface area contributed by atoms with Crippen LogP contribution in [0.25, 0.3) is 11.3 Å². The minimum atomic E-state index is -0.483. The Labute approximate surface area is 168 Å². The largest absolute Gasteiger partial charge is 0.368 e. The molecule has 1 aliphatic rings. The lowest BCUT2D eigenvalue weighted by molar-refractivity contribution is 0.100. The molecule has 3 aromatic rings. The molecule has 0 saturated heterocycles. The van der Waals surface area contributed by atoms with Gasteiger partial charge in [-0.3, -0.25) is 9.78 Å². The number of carbonyl (C=O) groups excluding carboxylic acids is 1. The molecule has 1 aromatic carbocycles. The van der Waals surface area contributed by atoms with E-state index in [-0.39, 0.29) is 11.2 Å². The van der Waals surface area contributed by atoms with Gasteiger partial charge in [-0.2, -0.15) is 0 Å². The number of nitrogens with one attached hydrogen (secondary N) is 1. The topological polar surface area (TPSA) is 93.8 Å². The normalized spacial score (nSPS) is 14.8. The van der Waals surface area contributed by atoms with Crippen LogP contribution in [0.4, 0.5) is 10.2 Å². The Morgan fingerprint density at radius 2 is 2.03 bits per heavy atom. The summed E-state index contributed by atoms with van der Waals surface area (Å²) in [4.78, 5) is 15.7. The first-order valence-corrected chi connectivity index (χ1v) is 9.58. The molecule has 0 atom stereocenters. The Balaban J connectivity index is 1.54. The van der Waals surface area contributed by atoms with Crippen molar-refractivity contribution in [1.29, 1.82) is 0 Å². The van der Waals surface area contributed by atoms with E-state index in [4.69, 9.17) is 5.73 Å². The van der Waals surface area contributed by atoms with Crippen molar-refractivity contribution < 1.29 is 9.18 Å². The number of benzene rings is 1. The van der Waals surface area contributed by atoms with Crippen molar-refractivity contribution in [2.45, 2.75) is 31.6 Å². The summed E-state index contributed by atoms with van der Waals surface area (Å²) in [5.41, 5.74) is 8.38. The van der Waals surface area contributed by atoms with E-state index < -0.39 is 5.91 Å². The zero-order valence-electron chi connectivity index (χ0n) is 16.2. The summed E-state index contributed by atoms with van der Waals surface area (Å²) in [5.74, 6) is -0.121. The van der Waals surface area contributed by atoms with Crippen molar-refractivity contribution in [2.24, 2.45) is 5.73 Å². The molecule has 3 N–H and O–H groups in total. The fraction of sp³-hybridized carbons (Fsp3) is 0.273. The Kier molecular flexibility index (Phi) is 4.96. The van der Waals surface area contributed by atoms with E-state index in [1.54, 1.807) is 30.5 Å². The van der Waals surface area contributed by atoms with Crippen molar-refractivity contribution >= 4 is 11.7 Å². The van der Waals surface area contributed by atoms with Crippen LogP contribution in [0.15, 0.2) is 48.7 Å². The Morgan fingerprint density at radius 1 is 1.21 bits per heavy atom. The number of aromatic nitrogens is 3. The lowest BCUT2D eigenvalue weighted by Crippen LogP contribution is -2.42. The number of nitrogens with zero attached hydrogens (tertiary/aromatic N) is 3. The Hall–Kier alpha value is -3.35. The molecule has 29 heavy (non-hydrogen) atoms. The summed E-state index contributed by atoms with van der Waals surface area (Å²) in [7, 11) is 0. The van der Waals surface area contributed by atoms with E-state index in [2.05, 4.69) is 20.5 Å². The van der Waals surface area contributed by atoms with Gasteiger partial charge in [-0.1, -0.05) is 18.6 Å². The Bertz CT molecular complexity index is 1060. The fourth-order valence-corrected chi connectivity index (χ4v) is 3.81. The van der Waals surface area contributed by atoms with Crippen LogP contribution in [0.1, 0.15) is 40.9 Å². The van der Waals surface area contributed by atoms with Gasteiger partial charge in [-0.25, -0.2) is 4.39 Å². The van der Waals surface area contributed by atoms with Crippen LogP contribution in [-0.4, -0.2) is 27.6 Å². The fourth-order valence-electron chi connectivity index (χ4n) is 3.81. The number of hydrogen-bond donors (Lipinski definition) is 2. The SMILES string of the molecule is Cc1cc(NCC2(c3ncccc3F)CCC2)nnc1-c1cccc(C(N)=O)c1. The summed E-state index contributed by atoms with van der Waals surface area (Å²) in [6.07, 6.45) is 4.46. The molecule has 148 valence electrons. The van der Waals surface area contributed by atoms with Crippen LogP contribution in [0.2, 0.25) is 0 Å². The van der Waals surface area contributed by atoms with Crippen LogP contribution < -0.4 is 11.1 Å². The van der Waals surface area contributed by atoms with Gasteiger partial charge in [0.05, 0.1) is 11.4 Å². The second-order valence-electron chi connectivity index (χ2n) is 7.53. The molecule has 0 radical (unpaired) electrons. The lowest BCUT2D eigenvalue weighted by Gasteiger charge is -2.41. The van der Waals surface area contributed by atoms with E-state index in [0.717, 1.165) is 30.4 Å². The predicted molar refractivity (Wildman–Crippen MR) is 109 cm³/mol. The third-order valence-electron chi connectivity index (χ3n) is 5.58. The van der Waals surface area contributed by atoms with E-state index >= 15 is 0 Å². The zero-order valence-corrected chi connectivity index (χ0v) is 16.2. The van der Waals surface area contributed by atoms with E-state index in [0.29, 0.717) is 29.3 Å². The van der Waals surface area contributed by atoms with Crippen LogP contribution in [-0.2, 0) is 5.41 Å². The highest BCUT2D eigenvalue weighted by atomic mass is 19.1. The number of nitrogens with two attached hydrogens (primary N) is 1.